The lowest BCUT2D eigenvalue weighted by Gasteiger charge is -2.13. The molecule has 2 amide bonds. The molecule has 158 valence electrons. The molecule has 0 saturated heterocycles. The molecule has 6 nitrogen and oxygen atoms in total. The van der Waals surface area contributed by atoms with Crippen LogP contribution in [0, 0.1) is 0 Å². The van der Waals surface area contributed by atoms with Crippen LogP contribution in [0.4, 0.5) is 5.69 Å². The van der Waals surface area contributed by atoms with Gasteiger partial charge in [-0.3, -0.25) is 9.59 Å². The van der Waals surface area contributed by atoms with Crippen LogP contribution in [0.3, 0.4) is 0 Å². The van der Waals surface area contributed by atoms with Crippen molar-refractivity contribution in [2.75, 3.05) is 19.0 Å². The molecule has 2 N–H and O–H groups in total. The molecule has 6 heteroatoms. The van der Waals surface area contributed by atoms with Crippen molar-refractivity contribution in [3.8, 4) is 11.5 Å². The summed E-state index contributed by atoms with van der Waals surface area (Å²) in [5, 5.41) is 5.52. The fourth-order valence-electron chi connectivity index (χ4n) is 2.88. The van der Waals surface area contributed by atoms with Crippen molar-refractivity contribution in [3.63, 3.8) is 0 Å². The molecule has 3 rings (SSSR count). The Balaban J connectivity index is 1.88. The first kappa shape index (κ1) is 21.6. The van der Waals surface area contributed by atoms with E-state index in [1.54, 1.807) is 73.8 Å². The quantitative estimate of drug-likeness (QED) is 0.530. The summed E-state index contributed by atoms with van der Waals surface area (Å²) in [5.74, 6) is 0.452. The second-order valence-corrected chi connectivity index (χ2v) is 6.53. The summed E-state index contributed by atoms with van der Waals surface area (Å²) in [6.45, 7) is 2.46. The van der Waals surface area contributed by atoms with Gasteiger partial charge in [0.25, 0.3) is 11.8 Å². The van der Waals surface area contributed by atoms with Crippen molar-refractivity contribution in [1.82, 2.24) is 5.32 Å². The summed E-state index contributed by atoms with van der Waals surface area (Å²) < 4.78 is 10.8. The highest BCUT2D eigenvalue weighted by Gasteiger charge is 2.16. The average Bonchev–Trinajstić information content (AvgIpc) is 2.81. The van der Waals surface area contributed by atoms with Crippen molar-refractivity contribution in [3.05, 3.63) is 95.7 Å². The molecular formula is C25H24N2O4. The zero-order valence-corrected chi connectivity index (χ0v) is 17.4. The first-order chi connectivity index (χ1) is 15.1. The van der Waals surface area contributed by atoms with Gasteiger partial charge in [0.1, 0.15) is 17.2 Å². The highest BCUT2D eigenvalue weighted by atomic mass is 16.5. The number of amides is 2. The van der Waals surface area contributed by atoms with Gasteiger partial charge in [0.2, 0.25) is 0 Å². The minimum Gasteiger partial charge on any atom is -0.496 e. The number of hydrogen-bond donors (Lipinski definition) is 2. The van der Waals surface area contributed by atoms with Gasteiger partial charge in [0.15, 0.2) is 0 Å². The van der Waals surface area contributed by atoms with Crippen LogP contribution in [0.25, 0.3) is 6.08 Å². The third kappa shape index (κ3) is 5.96. The number of para-hydroxylation sites is 1. The molecule has 0 bridgehead atoms. The Hall–Kier alpha value is -4.06. The molecule has 0 aliphatic carbocycles. The van der Waals surface area contributed by atoms with E-state index >= 15 is 0 Å². The summed E-state index contributed by atoms with van der Waals surface area (Å²) in [6, 6.07) is 23.0. The summed E-state index contributed by atoms with van der Waals surface area (Å²) in [6.07, 6.45) is 1.59. The van der Waals surface area contributed by atoms with Gasteiger partial charge in [-0.2, -0.15) is 0 Å². The first-order valence-corrected chi connectivity index (χ1v) is 9.86. The Bertz CT molecular complexity index is 1060. The molecular weight excluding hydrogens is 392 g/mol. The molecule has 0 unspecified atom stereocenters. The second-order valence-electron chi connectivity index (χ2n) is 6.53. The summed E-state index contributed by atoms with van der Waals surface area (Å²) in [5.41, 5.74) is 1.78. The lowest BCUT2D eigenvalue weighted by atomic mass is 10.1. The normalized spacial score (nSPS) is 10.8. The lowest BCUT2D eigenvalue weighted by Crippen LogP contribution is -2.30. The highest BCUT2D eigenvalue weighted by molar-refractivity contribution is 6.10. The van der Waals surface area contributed by atoms with Crippen molar-refractivity contribution < 1.29 is 19.1 Å². The minimum atomic E-state index is -0.459. The Morgan fingerprint density at radius 1 is 0.903 bits per heavy atom. The molecule has 0 aliphatic heterocycles. The van der Waals surface area contributed by atoms with Crippen LogP contribution < -0.4 is 20.1 Å². The monoisotopic (exact) mass is 416 g/mol. The van der Waals surface area contributed by atoms with E-state index in [0.29, 0.717) is 34.9 Å². The van der Waals surface area contributed by atoms with Crippen molar-refractivity contribution in [2.24, 2.45) is 0 Å². The second kappa shape index (κ2) is 10.6. The van der Waals surface area contributed by atoms with Gasteiger partial charge in [-0.1, -0.05) is 36.4 Å². The van der Waals surface area contributed by atoms with Crippen LogP contribution in [0.1, 0.15) is 22.8 Å². The molecule has 3 aromatic carbocycles. The van der Waals surface area contributed by atoms with Crippen LogP contribution in [0.15, 0.2) is 84.6 Å². The van der Waals surface area contributed by atoms with E-state index in [1.807, 2.05) is 25.1 Å². The number of methoxy groups -OCH3 is 1. The van der Waals surface area contributed by atoms with E-state index in [0.717, 1.165) is 0 Å². The van der Waals surface area contributed by atoms with E-state index in [9.17, 15) is 9.59 Å². The van der Waals surface area contributed by atoms with Gasteiger partial charge in [-0.05, 0) is 55.5 Å². The Kier molecular flexibility index (Phi) is 7.43. The largest absolute Gasteiger partial charge is 0.496 e. The number of carbonyl (C=O) groups excluding carboxylic acids is 2. The fourth-order valence-corrected chi connectivity index (χ4v) is 2.88. The topological polar surface area (TPSA) is 76.7 Å². The molecule has 0 saturated carbocycles. The van der Waals surface area contributed by atoms with Gasteiger partial charge in [0.05, 0.1) is 13.7 Å². The highest BCUT2D eigenvalue weighted by Crippen LogP contribution is 2.21. The van der Waals surface area contributed by atoms with Crippen LogP contribution in [0.2, 0.25) is 0 Å². The number of ether oxygens (including phenoxy) is 2. The minimum absolute atomic E-state index is 0.0900. The predicted molar refractivity (Wildman–Crippen MR) is 121 cm³/mol. The van der Waals surface area contributed by atoms with Gasteiger partial charge < -0.3 is 20.1 Å². The zero-order chi connectivity index (χ0) is 22.1. The Morgan fingerprint density at radius 3 is 2.26 bits per heavy atom. The molecule has 0 fully saturated rings. The van der Waals surface area contributed by atoms with Gasteiger partial charge in [0, 0.05) is 16.8 Å². The third-order valence-corrected chi connectivity index (χ3v) is 4.39. The maximum atomic E-state index is 13.0. The standard InChI is InChI=1S/C25H24N2O4/c1-3-31-21-15-13-20(14-16-21)26-25(29)22(17-19-11-7-8-12-23(19)30-2)27-24(28)18-9-5-4-6-10-18/h4-17H,3H2,1-2H3,(H,26,29)(H,27,28). The zero-order valence-electron chi connectivity index (χ0n) is 17.4. The molecule has 0 aliphatic rings. The van der Waals surface area contributed by atoms with E-state index in [1.165, 1.54) is 0 Å². The maximum Gasteiger partial charge on any atom is 0.272 e. The number of anilines is 1. The molecule has 31 heavy (non-hydrogen) atoms. The number of carbonyl (C=O) groups is 2. The molecule has 0 radical (unpaired) electrons. The lowest BCUT2D eigenvalue weighted by molar-refractivity contribution is -0.113. The fraction of sp³-hybridized carbons (Fsp3) is 0.120. The van der Waals surface area contributed by atoms with Crippen molar-refractivity contribution in [1.29, 1.82) is 0 Å². The Morgan fingerprint density at radius 2 is 1.58 bits per heavy atom. The van der Waals surface area contributed by atoms with Crippen LogP contribution in [0.5, 0.6) is 11.5 Å². The Labute approximate surface area is 181 Å². The first-order valence-electron chi connectivity index (χ1n) is 9.86. The number of benzene rings is 3. The molecule has 3 aromatic rings. The average molecular weight is 416 g/mol. The molecule has 0 atom stereocenters. The summed E-state index contributed by atoms with van der Waals surface area (Å²) >= 11 is 0. The summed E-state index contributed by atoms with van der Waals surface area (Å²) in [4.78, 5) is 25.7. The molecule has 0 aromatic heterocycles. The maximum absolute atomic E-state index is 13.0. The van der Waals surface area contributed by atoms with Crippen LogP contribution in [-0.4, -0.2) is 25.5 Å². The SMILES string of the molecule is CCOc1ccc(NC(=O)C(=Cc2ccccc2OC)NC(=O)c2ccccc2)cc1. The predicted octanol–water partition coefficient (Wildman–Crippen LogP) is 4.50. The summed E-state index contributed by atoms with van der Waals surface area (Å²) in [7, 11) is 1.55. The van der Waals surface area contributed by atoms with Crippen molar-refractivity contribution >= 4 is 23.6 Å². The van der Waals surface area contributed by atoms with Crippen LogP contribution in [-0.2, 0) is 4.79 Å². The van der Waals surface area contributed by atoms with E-state index < -0.39 is 5.91 Å². The molecule has 0 spiro atoms. The van der Waals surface area contributed by atoms with E-state index in [4.69, 9.17) is 9.47 Å². The van der Waals surface area contributed by atoms with Gasteiger partial charge in [-0.15, -0.1) is 0 Å². The molecule has 0 heterocycles. The number of hydrogen-bond acceptors (Lipinski definition) is 4. The third-order valence-electron chi connectivity index (χ3n) is 4.39. The smallest absolute Gasteiger partial charge is 0.272 e. The van der Waals surface area contributed by atoms with Crippen LogP contribution >= 0.6 is 0 Å². The van der Waals surface area contributed by atoms with Gasteiger partial charge >= 0.3 is 0 Å². The van der Waals surface area contributed by atoms with Crippen molar-refractivity contribution in [2.45, 2.75) is 6.92 Å². The van der Waals surface area contributed by atoms with E-state index in [-0.39, 0.29) is 11.6 Å². The number of nitrogens with one attached hydrogen (secondary N) is 2. The van der Waals surface area contributed by atoms with E-state index in [2.05, 4.69) is 10.6 Å². The number of rotatable bonds is 8. The van der Waals surface area contributed by atoms with Gasteiger partial charge in [-0.25, -0.2) is 0 Å².